The molecule has 0 saturated carbocycles. The summed E-state index contributed by atoms with van der Waals surface area (Å²) in [7, 11) is -3.73. The maximum absolute atomic E-state index is 12.7. The van der Waals surface area contributed by atoms with Gasteiger partial charge in [0.1, 0.15) is 4.90 Å². The van der Waals surface area contributed by atoms with Crippen LogP contribution in [0.1, 0.15) is 24.8 Å². The van der Waals surface area contributed by atoms with Crippen molar-refractivity contribution in [3.8, 4) is 11.8 Å². The zero-order chi connectivity index (χ0) is 21.0. The second-order valence-electron chi connectivity index (χ2n) is 7.01. The van der Waals surface area contributed by atoms with Crippen LogP contribution >= 0.6 is 0 Å². The topological polar surface area (TPSA) is 79.4 Å². The summed E-state index contributed by atoms with van der Waals surface area (Å²) in [6.07, 6.45) is 4.12. The summed E-state index contributed by atoms with van der Waals surface area (Å²) in [4.78, 5) is 18.1. The van der Waals surface area contributed by atoms with Crippen molar-refractivity contribution in [2.75, 3.05) is 18.0 Å². The van der Waals surface area contributed by atoms with Gasteiger partial charge in [0.2, 0.25) is 15.9 Å². The number of sulfonamides is 1. The van der Waals surface area contributed by atoms with Gasteiger partial charge in [-0.15, -0.1) is 0 Å². The lowest BCUT2D eigenvalue weighted by molar-refractivity contribution is -0.119. The highest BCUT2D eigenvalue weighted by Crippen LogP contribution is 2.21. The maximum Gasteiger partial charge on any atom is 0.243 e. The Morgan fingerprint density at radius 3 is 2.63 bits per heavy atom. The quantitative estimate of drug-likeness (QED) is 0.659. The number of aromatic nitrogens is 1. The van der Waals surface area contributed by atoms with Crippen molar-refractivity contribution in [2.45, 2.75) is 24.2 Å². The third-order valence-electron chi connectivity index (χ3n) is 4.97. The Labute approximate surface area is 176 Å². The van der Waals surface area contributed by atoms with Gasteiger partial charge in [0.15, 0.2) is 0 Å². The Hall–Kier alpha value is -3.21. The normalized spacial score (nSPS) is 14.4. The summed E-state index contributed by atoms with van der Waals surface area (Å²) < 4.78 is 27.8. The van der Waals surface area contributed by atoms with E-state index in [0.717, 1.165) is 36.0 Å². The maximum atomic E-state index is 12.7. The Morgan fingerprint density at radius 1 is 1.03 bits per heavy atom. The van der Waals surface area contributed by atoms with Crippen LogP contribution in [0.25, 0.3) is 10.9 Å². The SMILES string of the molecule is O=C1CCCCN1c1ccc(C#CCNS(=O)(=O)c2cccc3cccnc23)cc1. The van der Waals surface area contributed by atoms with Gasteiger partial charge in [-0.1, -0.05) is 30.0 Å². The van der Waals surface area contributed by atoms with Gasteiger partial charge in [0.05, 0.1) is 12.1 Å². The Kier molecular flexibility index (Phi) is 5.79. The first-order valence-corrected chi connectivity index (χ1v) is 11.3. The second kappa shape index (κ2) is 8.66. The third kappa shape index (κ3) is 4.35. The minimum absolute atomic E-state index is 0.0160. The smallest absolute Gasteiger partial charge is 0.243 e. The second-order valence-corrected chi connectivity index (χ2v) is 8.74. The highest BCUT2D eigenvalue weighted by atomic mass is 32.2. The number of piperidine rings is 1. The number of nitrogens with zero attached hydrogens (tertiary/aromatic N) is 2. The largest absolute Gasteiger partial charge is 0.312 e. The van der Waals surface area contributed by atoms with Crippen molar-refractivity contribution >= 4 is 32.5 Å². The van der Waals surface area contributed by atoms with Crippen molar-refractivity contribution in [1.29, 1.82) is 0 Å². The molecule has 0 bridgehead atoms. The summed E-state index contributed by atoms with van der Waals surface area (Å²) in [5, 5.41) is 0.763. The van der Waals surface area contributed by atoms with Crippen molar-refractivity contribution in [3.05, 3.63) is 66.4 Å². The molecule has 1 fully saturated rings. The standard InChI is InChI=1S/C23H21N3O3S/c27-22-10-1-2-17-26(22)20-13-11-18(12-14-20)6-4-16-25-30(28,29)21-9-3-7-19-8-5-15-24-23(19)21/h3,5,7-9,11-15,25H,1-2,10,16-17H2. The van der Waals surface area contributed by atoms with Gasteiger partial charge in [-0.2, -0.15) is 4.72 Å². The minimum atomic E-state index is -3.73. The minimum Gasteiger partial charge on any atom is -0.312 e. The van der Waals surface area contributed by atoms with E-state index in [1.54, 1.807) is 23.2 Å². The molecule has 1 aliphatic rings. The molecule has 2 heterocycles. The number of para-hydroxylation sites is 1. The third-order valence-corrected chi connectivity index (χ3v) is 6.40. The van der Waals surface area contributed by atoms with E-state index in [4.69, 9.17) is 0 Å². The van der Waals surface area contributed by atoms with E-state index in [1.807, 2.05) is 36.4 Å². The van der Waals surface area contributed by atoms with Crippen LogP contribution in [0.3, 0.4) is 0 Å². The van der Waals surface area contributed by atoms with Crippen LogP contribution in [-0.2, 0) is 14.8 Å². The molecule has 0 spiro atoms. The first kappa shape index (κ1) is 20.1. The Morgan fingerprint density at radius 2 is 1.83 bits per heavy atom. The number of benzene rings is 2. The summed E-state index contributed by atoms with van der Waals surface area (Å²) in [5.41, 5.74) is 2.06. The number of pyridine rings is 1. The average Bonchev–Trinajstić information content (AvgIpc) is 2.77. The molecule has 0 radical (unpaired) electrons. The highest BCUT2D eigenvalue weighted by Gasteiger charge is 2.19. The lowest BCUT2D eigenvalue weighted by Crippen LogP contribution is -2.35. The predicted molar refractivity (Wildman–Crippen MR) is 116 cm³/mol. The number of anilines is 1. The molecular weight excluding hydrogens is 398 g/mol. The molecule has 3 aromatic rings. The van der Waals surface area contributed by atoms with Gasteiger partial charge in [-0.3, -0.25) is 9.78 Å². The molecule has 1 amide bonds. The highest BCUT2D eigenvalue weighted by molar-refractivity contribution is 7.89. The lowest BCUT2D eigenvalue weighted by atomic mass is 10.1. The molecular formula is C23H21N3O3S. The molecule has 1 aliphatic heterocycles. The number of fused-ring (bicyclic) bond motifs is 1. The molecule has 152 valence electrons. The molecule has 0 aliphatic carbocycles. The van der Waals surface area contributed by atoms with E-state index < -0.39 is 10.0 Å². The average molecular weight is 420 g/mol. The number of carbonyl (C=O) groups is 1. The van der Waals surface area contributed by atoms with Crippen LogP contribution in [0.15, 0.2) is 65.7 Å². The monoisotopic (exact) mass is 419 g/mol. The Balaban J connectivity index is 1.43. The first-order valence-electron chi connectivity index (χ1n) is 9.77. The van der Waals surface area contributed by atoms with E-state index in [0.29, 0.717) is 11.9 Å². The molecule has 6 nitrogen and oxygen atoms in total. The molecule has 7 heteroatoms. The first-order chi connectivity index (χ1) is 14.5. The lowest BCUT2D eigenvalue weighted by Gasteiger charge is -2.26. The number of carbonyl (C=O) groups excluding carboxylic acids is 1. The fourth-order valence-corrected chi connectivity index (χ4v) is 4.55. The van der Waals surface area contributed by atoms with E-state index in [2.05, 4.69) is 21.5 Å². The molecule has 2 aromatic carbocycles. The molecule has 4 rings (SSSR count). The van der Waals surface area contributed by atoms with Crippen molar-refractivity contribution in [3.63, 3.8) is 0 Å². The summed E-state index contributed by atoms with van der Waals surface area (Å²) in [6.45, 7) is 0.729. The van der Waals surface area contributed by atoms with Gasteiger partial charge in [-0.25, -0.2) is 8.42 Å². The van der Waals surface area contributed by atoms with Crippen LogP contribution in [0.4, 0.5) is 5.69 Å². The van der Waals surface area contributed by atoms with E-state index in [1.165, 1.54) is 6.07 Å². The predicted octanol–water partition coefficient (Wildman–Crippen LogP) is 3.08. The summed E-state index contributed by atoms with van der Waals surface area (Å²) in [6, 6.07) is 16.1. The van der Waals surface area contributed by atoms with Crippen LogP contribution in [0, 0.1) is 11.8 Å². The van der Waals surface area contributed by atoms with Crippen LogP contribution in [0.5, 0.6) is 0 Å². The molecule has 1 aromatic heterocycles. The van der Waals surface area contributed by atoms with Crippen LogP contribution in [-0.4, -0.2) is 32.4 Å². The summed E-state index contributed by atoms with van der Waals surface area (Å²) in [5.74, 6) is 5.94. The number of nitrogens with one attached hydrogen (secondary N) is 1. The molecule has 1 N–H and O–H groups in total. The van der Waals surface area contributed by atoms with E-state index in [-0.39, 0.29) is 17.3 Å². The van der Waals surface area contributed by atoms with Crippen molar-refractivity contribution < 1.29 is 13.2 Å². The van der Waals surface area contributed by atoms with Crippen LogP contribution in [0.2, 0.25) is 0 Å². The Bertz CT molecular complexity index is 1240. The molecule has 0 unspecified atom stereocenters. The van der Waals surface area contributed by atoms with E-state index >= 15 is 0 Å². The van der Waals surface area contributed by atoms with E-state index in [9.17, 15) is 13.2 Å². The molecule has 1 saturated heterocycles. The number of rotatable bonds is 4. The zero-order valence-electron chi connectivity index (χ0n) is 16.3. The number of hydrogen-bond donors (Lipinski definition) is 1. The fraction of sp³-hybridized carbons (Fsp3) is 0.217. The van der Waals surface area contributed by atoms with Gasteiger partial charge < -0.3 is 4.90 Å². The van der Waals surface area contributed by atoms with Gasteiger partial charge >= 0.3 is 0 Å². The fourth-order valence-electron chi connectivity index (χ4n) is 3.45. The van der Waals surface area contributed by atoms with Crippen molar-refractivity contribution in [2.24, 2.45) is 0 Å². The van der Waals surface area contributed by atoms with Gasteiger partial charge in [-0.05, 0) is 49.2 Å². The summed E-state index contributed by atoms with van der Waals surface area (Å²) >= 11 is 0. The van der Waals surface area contributed by atoms with Gasteiger partial charge in [0, 0.05) is 35.8 Å². The zero-order valence-corrected chi connectivity index (χ0v) is 17.2. The number of hydrogen-bond acceptors (Lipinski definition) is 4. The van der Waals surface area contributed by atoms with Crippen molar-refractivity contribution in [1.82, 2.24) is 9.71 Å². The number of amides is 1. The molecule has 0 atom stereocenters. The van der Waals surface area contributed by atoms with Gasteiger partial charge in [0.25, 0.3) is 0 Å². The molecule has 30 heavy (non-hydrogen) atoms. The van der Waals surface area contributed by atoms with Crippen LogP contribution < -0.4 is 9.62 Å².